The normalized spacial score (nSPS) is 21.1. The molecule has 1 heteroatoms. The molecule has 0 saturated heterocycles. The van der Waals surface area contributed by atoms with Gasteiger partial charge in [0.1, 0.15) is 0 Å². The summed E-state index contributed by atoms with van der Waals surface area (Å²) in [7, 11) is 0. The van der Waals surface area contributed by atoms with Gasteiger partial charge in [-0.15, -0.1) is 0 Å². The molecule has 0 amide bonds. The Bertz CT molecular complexity index is 133. The van der Waals surface area contributed by atoms with Crippen LogP contribution in [0.2, 0.25) is 0 Å². The average Bonchev–Trinajstić information content (AvgIpc) is 2.16. The fraction of sp³-hybridized carbons (Fsp3) is 0.500. The van der Waals surface area contributed by atoms with Crippen LogP contribution in [0.1, 0.15) is 13.3 Å². The predicted octanol–water partition coefficient (Wildman–Crippen LogP) is 1.47. The van der Waals surface area contributed by atoms with Crippen molar-refractivity contribution in [2.45, 2.75) is 13.3 Å². The van der Waals surface area contributed by atoms with Gasteiger partial charge in [-0.05, 0) is 13.0 Å². The molecule has 0 radical (unpaired) electrons. The molecule has 0 aromatic carbocycles. The van der Waals surface area contributed by atoms with E-state index in [1.165, 1.54) is 0 Å². The summed E-state index contributed by atoms with van der Waals surface area (Å²) in [6.45, 7) is 2.96. The topological polar surface area (TPSA) is 26.0 Å². The van der Waals surface area contributed by atoms with Crippen molar-refractivity contribution in [1.82, 2.24) is 0 Å². The van der Waals surface area contributed by atoms with E-state index in [9.17, 15) is 0 Å². The highest BCUT2D eigenvalue weighted by Crippen LogP contribution is 2.27. The highest BCUT2D eigenvalue weighted by molar-refractivity contribution is 5.23. The standard InChI is InChI=1S/C8H13N/c1-8(6-7-9)4-2-3-5-8/h2-5H,6-7,9H2,1H3. The first-order valence-electron chi connectivity index (χ1n) is 3.34. The van der Waals surface area contributed by atoms with E-state index < -0.39 is 0 Å². The Kier molecular flexibility index (Phi) is 1.72. The van der Waals surface area contributed by atoms with E-state index >= 15 is 0 Å². The molecule has 0 spiro atoms. The van der Waals surface area contributed by atoms with E-state index in [2.05, 4.69) is 31.2 Å². The summed E-state index contributed by atoms with van der Waals surface area (Å²) >= 11 is 0. The second-order valence-electron chi connectivity index (χ2n) is 2.76. The molecule has 0 saturated carbocycles. The number of nitrogens with two attached hydrogens (primary N) is 1. The smallest absolute Gasteiger partial charge is 0.00509 e. The van der Waals surface area contributed by atoms with Crippen molar-refractivity contribution in [3.05, 3.63) is 24.3 Å². The third kappa shape index (κ3) is 1.42. The Morgan fingerprint density at radius 2 is 1.89 bits per heavy atom. The molecular weight excluding hydrogens is 110 g/mol. The molecule has 0 aliphatic heterocycles. The summed E-state index contributed by atoms with van der Waals surface area (Å²) < 4.78 is 0. The monoisotopic (exact) mass is 123 g/mol. The minimum Gasteiger partial charge on any atom is -0.330 e. The average molecular weight is 123 g/mol. The molecule has 1 nitrogen and oxygen atoms in total. The Balaban J connectivity index is 2.53. The fourth-order valence-electron chi connectivity index (χ4n) is 1.08. The van der Waals surface area contributed by atoms with Gasteiger partial charge in [0.2, 0.25) is 0 Å². The van der Waals surface area contributed by atoms with Crippen LogP contribution in [0, 0.1) is 5.41 Å². The fourth-order valence-corrected chi connectivity index (χ4v) is 1.08. The first-order chi connectivity index (χ1) is 4.27. The van der Waals surface area contributed by atoms with Crippen molar-refractivity contribution >= 4 is 0 Å². The lowest BCUT2D eigenvalue weighted by Crippen LogP contribution is -2.13. The van der Waals surface area contributed by atoms with Gasteiger partial charge in [-0.1, -0.05) is 31.2 Å². The molecule has 0 aromatic heterocycles. The molecule has 0 aromatic rings. The van der Waals surface area contributed by atoms with Crippen LogP contribution in [0.25, 0.3) is 0 Å². The second kappa shape index (κ2) is 2.36. The molecule has 0 fully saturated rings. The lowest BCUT2D eigenvalue weighted by molar-refractivity contribution is 0.515. The van der Waals surface area contributed by atoms with Crippen LogP contribution in [0.5, 0.6) is 0 Å². The molecule has 0 bridgehead atoms. The van der Waals surface area contributed by atoms with Crippen LogP contribution in [-0.4, -0.2) is 6.54 Å². The van der Waals surface area contributed by atoms with Gasteiger partial charge in [0.05, 0.1) is 0 Å². The van der Waals surface area contributed by atoms with E-state index in [1.54, 1.807) is 0 Å². The second-order valence-corrected chi connectivity index (χ2v) is 2.76. The molecule has 1 rings (SSSR count). The molecule has 0 heterocycles. The lowest BCUT2D eigenvalue weighted by atomic mass is 9.89. The first kappa shape index (κ1) is 6.56. The summed E-state index contributed by atoms with van der Waals surface area (Å²) in [4.78, 5) is 0. The van der Waals surface area contributed by atoms with Crippen molar-refractivity contribution in [1.29, 1.82) is 0 Å². The third-order valence-electron chi connectivity index (χ3n) is 1.75. The van der Waals surface area contributed by atoms with Gasteiger partial charge in [0.15, 0.2) is 0 Å². The van der Waals surface area contributed by atoms with Gasteiger partial charge in [-0.2, -0.15) is 0 Å². The molecule has 1 aliphatic carbocycles. The van der Waals surface area contributed by atoms with Crippen molar-refractivity contribution in [2.24, 2.45) is 11.1 Å². The van der Waals surface area contributed by atoms with E-state index in [-0.39, 0.29) is 5.41 Å². The number of rotatable bonds is 2. The van der Waals surface area contributed by atoms with Crippen LogP contribution in [-0.2, 0) is 0 Å². The minimum absolute atomic E-state index is 0.259. The van der Waals surface area contributed by atoms with Gasteiger partial charge in [0, 0.05) is 5.41 Å². The Morgan fingerprint density at radius 3 is 2.33 bits per heavy atom. The number of hydrogen-bond donors (Lipinski definition) is 1. The summed E-state index contributed by atoms with van der Waals surface area (Å²) in [6, 6.07) is 0. The van der Waals surface area contributed by atoms with Gasteiger partial charge in [-0.25, -0.2) is 0 Å². The summed E-state index contributed by atoms with van der Waals surface area (Å²) in [5.74, 6) is 0. The Morgan fingerprint density at radius 1 is 1.33 bits per heavy atom. The quantitative estimate of drug-likeness (QED) is 0.591. The highest BCUT2D eigenvalue weighted by atomic mass is 14.5. The number of allylic oxidation sites excluding steroid dienone is 4. The van der Waals surface area contributed by atoms with Crippen molar-refractivity contribution in [3.8, 4) is 0 Å². The van der Waals surface area contributed by atoms with Crippen LogP contribution in [0.4, 0.5) is 0 Å². The molecule has 0 atom stereocenters. The molecule has 50 valence electrons. The summed E-state index contributed by atoms with van der Waals surface area (Å²) in [5.41, 5.74) is 5.68. The van der Waals surface area contributed by atoms with Crippen LogP contribution in [0.3, 0.4) is 0 Å². The molecule has 2 N–H and O–H groups in total. The van der Waals surface area contributed by atoms with E-state index in [0.29, 0.717) is 0 Å². The lowest BCUT2D eigenvalue weighted by Gasteiger charge is -2.16. The third-order valence-corrected chi connectivity index (χ3v) is 1.75. The zero-order chi connectivity index (χ0) is 6.74. The molecule has 1 aliphatic rings. The van der Waals surface area contributed by atoms with Gasteiger partial charge < -0.3 is 5.73 Å². The van der Waals surface area contributed by atoms with Gasteiger partial charge in [-0.3, -0.25) is 0 Å². The zero-order valence-corrected chi connectivity index (χ0v) is 5.80. The van der Waals surface area contributed by atoms with Crippen LogP contribution >= 0.6 is 0 Å². The van der Waals surface area contributed by atoms with E-state index in [4.69, 9.17) is 5.73 Å². The highest BCUT2D eigenvalue weighted by Gasteiger charge is 2.17. The van der Waals surface area contributed by atoms with Crippen LogP contribution < -0.4 is 5.73 Å². The van der Waals surface area contributed by atoms with E-state index in [1.807, 2.05) is 0 Å². The molecule has 0 unspecified atom stereocenters. The Labute approximate surface area is 56.2 Å². The van der Waals surface area contributed by atoms with Gasteiger partial charge >= 0.3 is 0 Å². The summed E-state index contributed by atoms with van der Waals surface area (Å²) in [5, 5.41) is 0. The molecule has 9 heavy (non-hydrogen) atoms. The van der Waals surface area contributed by atoms with Crippen molar-refractivity contribution in [2.75, 3.05) is 6.54 Å². The Hall–Kier alpha value is -0.560. The maximum atomic E-state index is 5.43. The predicted molar refractivity (Wildman–Crippen MR) is 40.1 cm³/mol. The first-order valence-corrected chi connectivity index (χ1v) is 3.34. The minimum atomic E-state index is 0.259. The number of hydrogen-bond acceptors (Lipinski definition) is 1. The largest absolute Gasteiger partial charge is 0.330 e. The zero-order valence-electron chi connectivity index (χ0n) is 5.80. The van der Waals surface area contributed by atoms with Crippen molar-refractivity contribution in [3.63, 3.8) is 0 Å². The maximum absolute atomic E-state index is 5.43. The van der Waals surface area contributed by atoms with Gasteiger partial charge in [0.25, 0.3) is 0 Å². The van der Waals surface area contributed by atoms with E-state index in [0.717, 1.165) is 13.0 Å². The SMILES string of the molecule is CC1(CCN)C=CC=C1. The van der Waals surface area contributed by atoms with Crippen molar-refractivity contribution < 1.29 is 0 Å². The maximum Gasteiger partial charge on any atom is 0.00509 e. The molecular formula is C8H13N. The van der Waals surface area contributed by atoms with Crippen LogP contribution in [0.15, 0.2) is 24.3 Å². The summed E-state index contributed by atoms with van der Waals surface area (Å²) in [6.07, 6.45) is 9.60.